The Hall–Kier alpha value is -4.09. The van der Waals surface area contributed by atoms with E-state index in [1.165, 1.54) is 0 Å². The molecule has 1 saturated heterocycles. The van der Waals surface area contributed by atoms with Crippen LogP contribution < -0.4 is 10.1 Å². The second-order valence-corrected chi connectivity index (χ2v) is 7.81. The van der Waals surface area contributed by atoms with Gasteiger partial charge in [0.2, 0.25) is 5.91 Å². The summed E-state index contributed by atoms with van der Waals surface area (Å²) in [5.74, 6) is 0.125. The van der Waals surface area contributed by atoms with Crippen molar-refractivity contribution in [2.75, 3.05) is 38.2 Å². The molecule has 4 rings (SSSR count). The number of benzene rings is 2. The molecular formula is C26H26N4O4. The molecule has 0 aliphatic carbocycles. The van der Waals surface area contributed by atoms with Crippen molar-refractivity contribution in [3.63, 3.8) is 0 Å². The molecule has 1 aliphatic heterocycles. The molecule has 1 aliphatic rings. The standard InChI is InChI=1S/C26H26N4O4/c1-2-34-22-7-5-6-21(15-22)28-26(32)19(16-27)14-20-17-30(24-9-4-3-8-23(20)24)18-25(31)29-10-12-33-13-11-29/h3-9,14-15,17H,2,10-13,18H2,1H3,(H,28,32)/b19-14+. The van der Waals surface area contributed by atoms with Crippen molar-refractivity contribution in [2.45, 2.75) is 13.5 Å². The van der Waals surface area contributed by atoms with Gasteiger partial charge in [-0.3, -0.25) is 9.59 Å². The second kappa shape index (κ2) is 10.7. The Bertz CT molecular complexity index is 1270. The van der Waals surface area contributed by atoms with Crippen LogP contribution in [-0.4, -0.2) is 54.2 Å². The van der Waals surface area contributed by atoms with Crippen molar-refractivity contribution in [3.05, 3.63) is 65.9 Å². The van der Waals surface area contributed by atoms with E-state index in [4.69, 9.17) is 9.47 Å². The highest BCUT2D eigenvalue weighted by Crippen LogP contribution is 2.25. The van der Waals surface area contributed by atoms with E-state index >= 15 is 0 Å². The van der Waals surface area contributed by atoms with E-state index in [2.05, 4.69) is 5.32 Å². The van der Waals surface area contributed by atoms with Gasteiger partial charge >= 0.3 is 0 Å². The van der Waals surface area contributed by atoms with Crippen LogP contribution in [0, 0.1) is 11.3 Å². The molecule has 0 radical (unpaired) electrons. The highest BCUT2D eigenvalue weighted by atomic mass is 16.5. The summed E-state index contributed by atoms with van der Waals surface area (Å²) >= 11 is 0. The Morgan fingerprint density at radius 3 is 2.74 bits per heavy atom. The Morgan fingerprint density at radius 2 is 1.97 bits per heavy atom. The summed E-state index contributed by atoms with van der Waals surface area (Å²) in [7, 11) is 0. The van der Waals surface area contributed by atoms with Gasteiger partial charge in [0.1, 0.15) is 23.9 Å². The number of carbonyl (C=O) groups is 2. The van der Waals surface area contributed by atoms with Crippen molar-refractivity contribution >= 4 is 34.5 Å². The normalized spacial score (nSPS) is 14.0. The largest absolute Gasteiger partial charge is 0.494 e. The van der Waals surface area contributed by atoms with Crippen molar-refractivity contribution in [3.8, 4) is 11.8 Å². The van der Waals surface area contributed by atoms with E-state index in [0.29, 0.717) is 49.9 Å². The average molecular weight is 459 g/mol. The van der Waals surface area contributed by atoms with E-state index in [1.807, 2.05) is 48.0 Å². The summed E-state index contributed by atoms with van der Waals surface area (Å²) in [5, 5.41) is 13.3. The molecule has 174 valence electrons. The van der Waals surface area contributed by atoms with Crippen molar-refractivity contribution in [2.24, 2.45) is 0 Å². The van der Waals surface area contributed by atoms with Gasteiger partial charge in [0.05, 0.1) is 19.8 Å². The highest BCUT2D eigenvalue weighted by Gasteiger charge is 2.19. The van der Waals surface area contributed by atoms with Crippen molar-refractivity contribution in [1.29, 1.82) is 5.26 Å². The number of hydrogen-bond donors (Lipinski definition) is 1. The maximum atomic E-state index is 12.8. The minimum absolute atomic E-state index is 0.00649. The summed E-state index contributed by atoms with van der Waals surface area (Å²) in [6.45, 7) is 4.81. The third kappa shape index (κ3) is 5.27. The fourth-order valence-corrected chi connectivity index (χ4v) is 3.91. The number of ether oxygens (including phenoxy) is 2. The summed E-state index contributed by atoms with van der Waals surface area (Å²) < 4.78 is 12.7. The average Bonchev–Trinajstić information content (AvgIpc) is 3.20. The fourth-order valence-electron chi connectivity index (χ4n) is 3.91. The Morgan fingerprint density at radius 1 is 1.18 bits per heavy atom. The van der Waals surface area contributed by atoms with E-state index in [1.54, 1.807) is 35.2 Å². The summed E-state index contributed by atoms with van der Waals surface area (Å²) in [5.41, 5.74) is 2.05. The van der Waals surface area contributed by atoms with Crippen molar-refractivity contribution in [1.82, 2.24) is 9.47 Å². The zero-order valence-corrected chi connectivity index (χ0v) is 19.0. The topological polar surface area (TPSA) is 96.6 Å². The van der Waals surface area contributed by atoms with Crippen LogP contribution in [0.5, 0.6) is 5.75 Å². The first kappa shape index (κ1) is 23.1. The summed E-state index contributed by atoms with van der Waals surface area (Å²) in [6, 6.07) is 16.6. The molecule has 0 atom stereocenters. The smallest absolute Gasteiger partial charge is 0.266 e. The van der Waals surface area contributed by atoms with Gasteiger partial charge in [0, 0.05) is 47.5 Å². The van der Waals surface area contributed by atoms with Crippen LogP contribution in [0.15, 0.2) is 60.3 Å². The molecule has 1 aromatic heterocycles. The molecule has 1 N–H and O–H groups in total. The van der Waals surface area contributed by atoms with E-state index in [-0.39, 0.29) is 18.0 Å². The van der Waals surface area contributed by atoms with E-state index in [0.717, 1.165) is 10.9 Å². The highest BCUT2D eigenvalue weighted by molar-refractivity contribution is 6.10. The number of anilines is 1. The molecule has 8 heteroatoms. The van der Waals surface area contributed by atoms with Gasteiger partial charge < -0.3 is 24.3 Å². The van der Waals surface area contributed by atoms with Gasteiger partial charge in [-0.05, 0) is 31.2 Å². The first-order chi connectivity index (χ1) is 16.6. The molecular weight excluding hydrogens is 432 g/mol. The number of nitriles is 1. The van der Waals surface area contributed by atoms with Crippen LogP contribution >= 0.6 is 0 Å². The molecule has 34 heavy (non-hydrogen) atoms. The maximum Gasteiger partial charge on any atom is 0.266 e. The lowest BCUT2D eigenvalue weighted by Crippen LogP contribution is -2.42. The molecule has 1 fully saturated rings. The SMILES string of the molecule is CCOc1cccc(NC(=O)/C(C#N)=C/c2cn(CC(=O)N3CCOCC3)c3ccccc23)c1. The Kier molecular flexibility index (Phi) is 7.25. The van der Waals surface area contributed by atoms with Gasteiger partial charge in [-0.1, -0.05) is 24.3 Å². The molecule has 2 heterocycles. The second-order valence-electron chi connectivity index (χ2n) is 7.81. The molecule has 3 aromatic rings. The fraction of sp³-hybridized carbons (Fsp3) is 0.269. The van der Waals surface area contributed by atoms with Crippen LogP contribution in [0.2, 0.25) is 0 Å². The van der Waals surface area contributed by atoms with Crippen LogP contribution in [0.4, 0.5) is 5.69 Å². The zero-order valence-electron chi connectivity index (χ0n) is 19.0. The minimum Gasteiger partial charge on any atom is -0.494 e. The number of rotatable bonds is 7. The first-order valence-corrected chi connectivity index (χ1v) is 11.2. The molecule has 2 aromatic carbocycles. The summed E-state index contributed by atoms with van der Waals surface area (Å²) in [4.78, 5) is 27.4. The van der Waals surface area contributed by atoms with Gasteiger partial charge in [0.25, 0.3) is 5.91 Å². The number of aromatic nitrogens is 1. The monoisotopic (exact) mass is 458 g/mol. The van der Waals surface area contributed by atoms with Crippen LogP contribution in [-0.2, 0) is 20.9 Å². The third-order valence-corrected chi connectivity index (χ3v) is 5.56. The van der Waals surface area contributed by atoms with Gasteiger partial charge in [-0.25, -0.2) is 0 Å². The van der Waals surface area contributed by atoms with Gasteiger partial charge in [0.15, 0.2) is 0 Å². The summed E-state index contributed by atoms with van der Waals surface area (Å²) in [6.07, 6.45) is 3.36. The van der Waals surface area contributed by atoms with Crippen LogP contribution in [0.25, 0.3) is 17.0 Å². The third-order valence-electron chi connectivity index (χ3n) is 5.56. The molecule has 0 saturated carbocycles. The zero-order chi connectivity index (χ0) is 23.9. The molecule has 2 amide bonds. The molecule has 0 spiro atoms. The van der Waals surface area contributed by atoms with Gasteiger partial charge in [-0.15, -0.1) is 0 Å². The lowest BCUT2D eigenvalue weighted by molar-refractivity contribution is -0.135. The lowest BCUT2D eigenvalue weighted by Gasteiger charge is -2.27. The van der Waals surface area contributed by atoms with Crippen molar-refractivity contribution < 1.29 is 19.1 Å². The predicted molar refractivity (Wildman–Crippen MR) is 129 cm³/mol. The maximum absolute atomic E-state index is 12.8. The number of nitrogens with zero attached hydrogens (tertiary/aromatic N) is 3. The number of para-hydroxylation sites is 1. The lowest BCUT2D eigenvalue weighted by atomic mass is 10.1. The Balaban J connectivity index is 1.58. The number of carbonyl (C=O) groups excluding carboxylic acids is 2. The number of amides is 2. The van der Waals surface area contributed by atoms with Crippen LogP contribution in [0.1, 0.15) is 12.5 Å². The number of nitrogens with one attached hydrogen (secondary N) is 1. The molecule has 0 bridgehead atoms. The van der Waals surface area contributed by atoms with E-state index < -0.39 is 5.91 Å². The minimum atomic E-state index is -0.516. The number of hydrogen-bond acceptors (Lipinski definition) is 5. The first-order valence-electron chi connectivity index (χ1n) is 11.2. The Labute approximate surface area is 198 Å². The molecule has 0 unspecified atom stereocenters. The van der Waals surface area contributed by atoms with Crippen LogP contribution in [0.3, 0.4) is 0 Å². The quantitative estimate of drug-likeness (QED) is 0.432. The van der Waals surface area contributed by atoms with Gasteiger partial charge in [-0.2, -0.15) is 5.26 Å². The number of fused-ring (bicyclic) bond motifs is 1. The number of morpholine rings is 1. The molecule has 8 nitrogen and oxygen atoms in total. The predicted octanol–water partition coefficient (Wildman–Crippen LogP) is 3.44. The van der Waals surface area contributed by atoms with E-state index in [9.17, 15) is 14.9 Å².